The highest BCUT2D eigenvalue weighted by molar-refractivity contribution is 5.90. The summed E-state index contributed by atoms with van der Waals surface area (Å²) in [5, 5.41) is 14.4. The molecule has 1 heterocycles. The zero-order valence-electron chi connectivity index (χ0n) is 12.0. The van der Waals surface area contributed by atoms with Crippen molar-refractivity contribution in [1.29, 1.82) is 0 Å². The molecule has 1 aliphatic heterocycles. The summed E-state index contributed by atoms with van der Waals surface area (Å²) in [6, 6.07) is 6.94. The summed E-state index contributed by atoms with van der Waals surface area (Å²) < 4.78 is 5.40. The number of carbonyl (C=O) groups excluding carboxylic acids is 1. The number of para-hydroxylation sites is 1. The van der Waals surface area contributed by atoms with E-state index in [4.69, 9.17) is 9.84 Å². The van der Waals surface area contributed by atoms with Crippen LogP contribution in [-0.2, 0) is 16.0 Å². The topological polar surface area (TPSA) is 87.7 Å². The second-order valence-electron chi connectivity index (χ2n) is 5.12. The largest absolute Gasteiger partial charge is 0.481 e. The summed E-state index contributed by atoms with van der Waals surface area (Å²) in [7, 11) is 0. The van der Waals surface area contributed by atoms with Gasteiger partial charge in [-0.25, -0.2) is 4.79 Å². The first-order chi connectivity index (χ1) is 10.1. The van der Waals surface area contributed by atoms with Gasteiger partial charge in [-0.05, 0) is 31.4 Å². The third-order valence-corrected chi connectivity index (χ3v) is 3.57. The van der Waals surface area contributed by atoms with Crippen LogP contribution in [0.3, 0.4) is 0 Å². The van der Waals surface area contributed by atoms with Crippen molar-refractivity contribution in [2.45, 2.75) is 38.3 Å². The summed E-state index contributed by atoms with van der Waals surface area (Å²) in [5.74, 6) is -0.855. The number of hydrogen-bond donors (Lipinski definition) is 3. The van der Waals surface area contributed by atoms with E-state index >= 15 is 0 Å². The summed E-state index contributed by atoms with van der Waals surface area (Å²) >= 11 is 0. The number of carbonyl (C=O) groups is 2. The van der Waals surface area contributed by atoms with Crippen molar-refractivity contribution in [3.8, 4) is 0 Å². The molecule has 1 aromatic carbocycles. The molecular weight excluding hydrogens is 272 g/mol. The van der Waals surface area contributed by atoms with E-state index in [1.54, 1.807) is 12.1 Å². The Kier molecular flexibility index (Phi) is 5.16. The molecule has 1 aliphatic rings. The standard InChI is InChI=1S/C15H20N2O4/c1-10-12(8-9-21-10)16-15(20)17-13-5-3-2-4-11(13)6-7-14(18)19/h2-5,10,12H,6-9H2,1H3,(H,18,19)(H2,16,17,20). The van der Waals surface area contributed by atoms with Crippen molar-refractivity contribution in [3.63, 3.8) is 0 Å². The van der Waals surface area contributed by atoms with Gasteiger partial charge in [-0.15, -0.1) is 0 Å². The number of aliphatic carboxylic acids is 1. The quantitative estimate of drug-likeness (QED) is 0.774. The molecule has 1 aromatic rings. The molecule has 0 aliphatic carbocycles. The van der Waals surface area contributed by atoms with E-state index in [-0.39, 0.29) is 24.6 Å². The van der Waals surface area contributed by atoms with E-state index < -0.39 is 5.97 Å². The molecule has 2 amide bonds. The predicted molar refractivity (Wildman–Crippen MR) is 78.4 cm³/mol. The Morgan fingerprint density at radius 3 is 2.81 bits per heavy atom. The molecule has 6 heteroatoms. The lowest BCUT2D eigenvalue weighted by molar-refractivity contribution is -0.136. The van der Waals surface area contributed by atoms with E-state index in [9.17, 15) is 9.59 Å². The Morgan fingerprint density at radius 2 is 2.14 bits per heavy atom. The van der Waals surface area contributed by atoms with Gasteiger partial charge in [-0.2, -0.15) is 0 Å². The highest BCUT2D eigenvalue weighted by atomic mass is 16.5. The van der Waals surface area contributed by atoms with Crippen molar-refractivity contribution in [1.82, 2.24) is 5.32 Å². The summed E-state index contributed by atoms with van der Waals surface area (Å²) in [6.07, 6.45) is 1.23. The second kappa shape index (κ2) is 7.08. The van der Waals surface area contributed by atoms with Crippen LogP contribution in [0.5, 0.6) is 0 Å². The maximum absolute atomic E-state index is 12.0. The van der Waals surface area contributed by atoms with E-state index in [0.29, 0.717) is 18.7 Å². The third-order valence-electron chi connectivity index (χ3n) is 3.57. The second-order valence-corrected chi connectivity index (χ2v) is 5.12. The number of nitrogens with one attached hydrogen (secondary N) is 2. The molecule has 3 N–H and O–H groups in total. The average Bonchev–Trinajstić information content (AvgIpc) is 2.83. The fourth-order valence-corrected chi connectivity index (χ4v) is 2.35. The van der Waals surface area contributed by atoms with Crippen LogP contribution in [-0.4, -0.2) is 35.9 Å². The SMILES string of the molecule is CC1OCCC1NC(=O)Nc1ccccc1CCC(=O)O. The molecule has 21 heavy (non-hydrogen) atoms. The van der Waals surface area contributed by atoms with Gasteiger partial charge in [-0.3, -0.25) is 4.79 Å². The highest BCUT2D eigenvalue weighted by Crippen LogP contribution is 2.18. The lowest BCUT2D eigenvalue weighted by Crippen LogP contribution is -2.41. The summed E-state index contributed by atoms with van der Waals surface area (Å²) in [5.41, 5.74) is 1.45. The number of rotatable bonds is 5. The molecule has 0 radical (unpaired) electrons. The van der Waals surface area contributed by atoms with Gasteiger partial charge >= 0.3 is 12.0 Å². The number of urea groups is 1. The van der Waals surface area contributed by atoms with Crippen molar-refractivity contribution in [2.24, 2.45) is 0 Å². The van der Waals surface area contributed by atoms with Gasteiger partial charge < -0.3 is 20.5 Å². The third kappa shape index (κ3) is 4.46. The van der Waals surface area contributed by atoms with E-state index in [1.807, 2.05) is 19.1 Å². The minimum Gasteiger partial charge on any atom is -0.481 e. The van der Waals surface area contributed by atoms with E-state index in [1.165, 1.54) is 0 Å². The fourth-order valence-electron chi connectivity index (χ4n) is 2.35. The molecule has 0 spiro atoms. The van der Waals surface area contributed by atoms with Gasteiger partial charge in [0, 0.05) is 18.7 Å². The van der Waals surface area contributed by atoms with Crippen molar-refractivity contribution >= 4 is 17.7 Å². The molecule has 2 rings (SSSR count). The Balaban J connectivity index is 1.95. The molecule has 114 valence electrons. The Bertz CT molecular complexity index is 518. The van der Waals surface area contributed by atoms with Crippen LogP contribution in [0.15, 0.2) is 24.3 Å². The predicted octanol–water partition coefficient (Wildman–Crippen LogP) is 2.00. The number of carboxylic acids is 1. The average molecular weight is 292 g/mol. The van der Waals surface area contributed by atoms with Crippen LogP contribution in [0.1, 0.15) is 25.3 Å². The number of ether oxygens (including phenoxy) is 1. The Hall–Kier alpha value is -2.08. The van der Waals surface area contributed by atoms with Gasteiger partial charge in [0.25, 0.3) is 0 Å². The first kappa shape index (κ1) is 15.3. The van der Waals surface area contributed by atoms with Gasteiger partial charge in [0.1, 0.15) is 0 Å². The Morgan fingerprint density at radius 1 is 1.38 bits per heavy atom. The molecule has 6 nitrogen and oxygen atoms in total. The van der Waals surface area contributed by atoms with Crippen molar-refractivity contribution < 1.29 is 19.4 Å². The van der Waals surface area contributed by atoms with Crippen LogP contribution in [0.4, 0.5) is 10.5 Å². The van der Waals surface area contributed by atoms with E-state index in [0.717, 1.165) is 12.0 Å². The van der Waals surface area contributed by atoms with Gasteiger partial charge in [0.2, 0.25) is 0 Å². The maximum Gasteiger partial charge on any atom is 0.319 e. The van der Waals surface area contributed by atoms with Crippen molar-refractivity contribution in [3.05, 3.63) is 29.8 Å². The Labute approximate surface area is 123 Å². The maximum atomic E-state index is 12.0. The molecular formula is C15H20N2O4. The summed E-state index contributed by atoms with van der Waals surface area (Å²) in [6.45, 7) is 2.58. The highest BCUT2D eigenvalue weighted by Gasteiger charge is 2.25. The van der Waals surface area contributed by atoms with Gasteiger partial charge in [0.05, 0.1) is 12.1 Å². The first-order valence-electron chi connectivity index (χ1n) is 7.05. The lowest BCUT2D eigenvalue weighted by atomic mass is 10.1. The molecule has 0 saturated carbocycles. The number of benzene rings is 1. The normalized spacial score (nSPS) is 21.0. The van der Waals surface area contributed by atoms with Crippen LogP contribution in [0.25, 0.3) is 0 Å². The molecule has 2 unspecified atom stereocenters. The zero-order chi connectivity index (χ0) is 15.2. The molecule has 0 aromatic heterocycles. The number of hydrogen-bond acceptors (Lipinski definition) is 3. The minimum absolute atomic E-state index is 0.0104. The number of amides is 2. The molecule has 1 saturated heterocycles. The fraction of sp³-hybridized carbons (Fsp3) is 0.467. The van der Waals surface area contributed by atoms with Crippen LogP contribution >= 0.6 is 0 Å². The number of anilines is 1. The number of aryl methyl sites for hydroxylation is 1. The van der Waals surface area contributed by atoms with Gasteiger partial charge in [0.15, 0.2) is 0 Å². The van der Waals surface area contributed by atoms with Gasteiger partial charge in [-0.1, -0.05) is 18.2 Å². The molecule has 1 fully saturated rings. The first-order valence-corrected chi connectivity index (χ1v) is 7.05. The smallest absolute Gasteiger partial charge is 0.319 e. The molecule has 2 atom stereocenters. The molecule has 0 bridgehead atoms. The van der Waals surface area contributed by atoms with Crippen LogP contribution < -0.4 is 10.6 Å². The monoisotopic (exact) mass is 292 g/mol. The summed E-state index contributed by atoms with van der Waals surface area (Å²) in [4.78, 5) is 22.7. The number of carboxylic acid groups (broad SMARTS) is 1. The zero-order valence-corrected chi connectivity index (χ0v) is 12.0. The van der Waals surface area contributed by atoms with Crippen LogP contribution in [0.2, 0.25) is 0 Å². The van der Waals surface area contributed by atoms with Crippen molar-refractivity contribution in [2.75, 3.05) is 11.9 Å². The van der Waals surface area contributed by atoms with Crippen LogP contribution in [0, 0.1) is 0 Å². The lowest BCUT2D eigenvalue weighted by Gasteiger charge is -2.17. The van der Waals surface area contributed by atoms with E-state index in [2.05, 4.69) is 10.6 Å². The minimum atomic E-state index is -0.855.